The molecule has 0 bridgehead atoms. The molecule has 0 radical (unpaired) electrons. The summed E-state index contributed by atoms with van der Waals surface area (Å²) in [5.41, 5.74) is 1.19. The Morgan fingerprint density at radius 1 is 1.17 bits per heavy atom. The number of rotatable bonds is 16. The number of allylic oxidation sites excluding steroid dienone is 2. The zero-order valence-electron chi connectivity index (χ0n) is 23.5. The van der Waals surface area contributed by atoms with Crippen LogP contribution in [0.1, 0.15) is 64.9 Å². The summed E-state index contributed by atoms with van der Waals surface area (Å²) in [6.45, 7) is 7.55. The van der Waals surface area contributed by atoms with Crippen LogP contribution < -0.4 is 10.2 Å². The third-order valence-electron chi connectivity index (χ3n) is 6.36. The number of halogens is 1. The number of nitrogens with one attached hydrogen (secondary N) is 1. The number of carboxylic acid groups (broad SMARTS) is 1. The molecule has 0 aliphatic carbocycles. The highest BCUT2D eigenvalue weighted by Gasteiger charge is 2.21. The Hall–Kier alpha value is -4.11. The van der Waals surface area contributed by atoms with Crippen LogP contribution >= 0.6 is 15.9 Å². The lowest BCUT2D eigenvalue weighted by atomic mass is 10.0. The standard InChI is InChI=1S/C29H35BrN6O5/c1-4-7-8-9-10-11-12-20(29(38)39)16-27(37)32-26-18-22(35(5-2)6-3)13-14-25(26)33-34-28-21(19-31)15-23(36(40)41)17-24(28)30/h10-11,13-15,17-18,20H,4-9,12,16H2,1-3H3,(H,32,37)(H,38,39)/b11-10+,34-33?. The lowest BCUT2D eigenvalue weighted by Gasteiger charge is -2.22. The van der Waals surface area contributed by atoms with E-state index in [2.05, 4.69) is 43.3 Å². The van der Waals surface area contributed by atoms with Crippen molar-refractivity contribution in [2.75, 3.05) is 23.3 Å². The van der Waals surface area contributed by atoms with Crippen LogP contribution in [-0.4, -0.2) is 35.0 Å². The van der Waals surface area contributed by atoms with Crippen molar-refractivity contribution in [3.05, 3.63) is 62.6 Å². The van der Waals surface area contributed by atoms with Gasteiger partial charge in [0.05, 0.1) is 26.6 Å². The lowest BCUT2D eigenvalue weighted by molar-refractivity contribution is -0.384. The number of carbonyl (C=O) groups is 2. The van der Waals surface area contributed by atoms with Gasteiger partial charge in [-0.05, 0) is 67.2 Å². The summed E-state index contributed by atoms with van der Waals surface area (Å²) in [6, 6.07) is 9.44. The van der Waals surface area contributed by atoms with E-state index in [0.29, 0.717) is 5.69 Å². The van der Waals surface area contributed by atoms with Gasteiger partial charge in [-0.15, -0.1) is 10.2 Å². The minimum Gasteiger partial charge on any atom is -0.481 e. The highest BCUT2D eigenvalue weighted by Crippen LogP contribution is 2.37. The molecule has 0 saturated carbocycles. The average Bonchev–Trinajstić information content (AvgIpc) is 2.94. The van der Waals surface area contributed by atoms with E-state index >= 15 is 0 Å². The number of amides is 1. The molecule has 0 spiro atoms. The Morgan fingerprint density at radius 2 is 1.90 bits per heavy atom. The number of non-ortho nitro benzene ring substituents is 1. The average molecular weight is 628 g/mol. The molecule has 2 aromatic rings. The minimum atomic E-state index is -1.05. The van der Waals surface area contributed by atoms with Gasteiger partial charge in [0, 0.05) is 37.3 Å². The van der Waals surface area contributed by atoms with Gasteiger partial charge in [0.2, 0.25) is 5.91 Å². The van der Waals surface area contributed by atoms with E-state index in [1.807, 2.05) is 38.1 Å². The number of anilines is 2. The van der Waals surface area contributed by atoms with Crippen molar-refractivity contribution in [3.63, 3.8) is 0 Å². The van der Waals surface area contributed by atoms with E-state index in [4.69, 9.17) is 0 Å². The highest BCUT2D eigenvalue weighted by molar-refractivity contribution is 9.10. The number of unbranched alkanes of at least 4 members (excludes halogenated alkanes) is 3. The van der Waals surface area contributed by atoms with Crippen LogP contribution in [0.4, 0.5) is 28.4 Å². The maximum Gasteiger partial charge on any atom is 0.307 e. The SMILES string of the molecule is CCCCC/C=C/CC(CC(=O)Nc1cc(N(CC)CC)ccc1N=Nc1c(Br)cc([N+](=O)[O-])cc1C#N)C(=O)O. The van der Waals surface area contributed by atoms with Gasteiger partial charge >= 0.3 is 5.97 Å². The number of hydrogen-bond acceptors (Lipinski definition) is 8. The Morgan fingerprint density at radius 3 is 2.51 bits per heavy atom. The molecule has 2 aromatic carbocycles. The molecule has 11 nitrogen and oxygen atoms in total. The molecule has 0 heterocycles. The number of hydrogen-bond donors (Lipinski definition) is 2. The second kappa shape index (κ2) is 16.9. The summed E-state index contributed by atoms with van der Waals surface area (Å²) in [5.74, 6) is -2.43. The first kappa shape index (κ1) is 33.1. The predicted octanol–water partition coefficient (Wildman–Crippen LogP) is 8.05. The minimum absolute atomic E-state index is 0.0489. The Bertz CT molecular complexity index is 1330. The van der Waals surface area contributed by atoms with E-state index in [1.54, 1.807) is 12.1 Å². The first-order valence-corrected chi connectivity index (χ1v) is 14.3. The first-order valence-electron chi connectivity index (χ1n) is 13.5. The van der Waals surface area contributed by atoms with Crippen LogP contribution in [0, 0.1) is 27.4 Å². The number of carbonyl (C=O) groups excluding carboxylic acids is 1. The molecule has 2 rings (SSSR count). The van der Waals surface area contributed by atoms with Gasteiger partial charge in [-0.2, -0.15) is 5.26 Å². The summed E-state index contributed by atoms with van der Waals surface area (Å²) in [5, 5.41) is 41.5. The van der Waals surface area contributed by atoms with Gasteiger partial charge < -0.3 is 15.3 Å². The van der Waals surface area contributed by atoms with Crippen LogP contribution in [0.15, 0.2) is 57.2 Å². The van der Waals surface area contributed by atoms with Gasteiger partial charge in [-0.1, -0.05) is 31.9 Å². The van der Waals surface area contributed by atoms with Crippen molar-refractivity contribution < 1.29 is 19.6 Å². The fourth-order valence-corrected chi connectivity index (χ4v) is 4.59. The van der Waals surface area contributed by atoms with E-state index < -0.39 is 22.7 Å². The molecule has 0 aliphatic rings. The number of nitro benzene ring substituents is 1. The number of nitrogens with zero attached hydrogens (tertiary/aromatic N) is 5. The number of azo groups is 1. The van der Waals surface area contributed by atoms with Crippen molar-refractivity contribution in [1.82, 2.24) is 0 Å². The van der Waals surface area contributed by atoms with Crippen molar-refractivity contribution >= 4 is 56.2 Å². The van der Waals surface area contributed by atoms with Gasteiger partial charge in [-0.25, -0.2) is 0 Å². The van der Waals surface area contributed by atoms with Crippen LogP contribution in [0.5, 0.6) is 0 Å². The van der Waals surface area contributed by atoms with Gasteiger partial charge in [0.1, 0.15) is 17.4 Å². The largest absolute Gasteiger partial charge is 0.481 e. The summed E-state index contributed by atoms with van der Waals surface area (Å²) >= 11 is 3.22. The molecule has 0 aromatic heterocycles. The quantitative estimate of drug-likeness (QED) is 0.0626. The number of nitro groups is 1. The molecule has 1 unspecified atom stereocenters. The lowest BCUT2D eigenvalue weighted by Crippen LogP contribution is -2.23. The summed E-state index contributed by atoms with van der Waals surface area (Å²) < 4.78 is 0.212. The van der Waals surface area contributed by atoms with Gasteiger partial charge in [-0.3, -0.25) is 19.7 Å². The van der Waals surface area contributed by atoms with Crippen LogP contribution in [0.25, 0.3) is 0 Å². The number of nitriles is 1. The molecular weight excluding hydrogens is 592 g/mol. The summed E-state index contributed by atoms with van der Waals surface area (Å²) in [6.07, 6.45) is 7.92. The van der Waals surface area contributed by atoms with Crippen molar-refractivity contribution in [3.8, 4) is 6.07 Å². The number of benzene rings is 2. The third kappa shape index (κ3) is 10.1. The van der Waals surface area contributed by atoms with Gasteiger partial charge in [0.15, 0.2) is 0 Å². The second-order valence-electron chi connectivity index (χ2n) is 9.26. The van der Waals surface area contributed by atoms with Crippen molar-refractivity contribution in [2.24, 2.45) is 16.1 Å². The van der Waals surface area contributed by atoms with Crippen LogP contribution in [0.2, 0.25) is 0 Å². The zero-order valence-corrected chi connectivity index (χ0v) is 25.1. The van der Waals surface area contributed by atoms with E-state index in [1.165, 1.54) is 6.07 Å². The Labute approximate surface area is 248 Å². The molecule has 0 fully saturated rings. The molecule has 1 atom stereocenters. The van der Waals surface area contributed by atoms with E-state index in [-0.39, 0.29) is 39.9 Å². The van der Waals surface area contributed by atoms with Crippen LogP contribution in [0.3, 0.4) is 0 Å². The number of carboxylic acids is 1. The summed E-state index contributed by atoms with van der Waals surface area (Å²) in [4.78, 5) is 37.5. The molecule has 1 amide bonds. The van der Waals surface area contributed by atoms with Gasteiger partial charge in [0.25, 0.3) is 5.69 Å². The normalized spacial score (nSPS) is 11.9. The fraction of sp³-hybridized carbons (Fsp3) is 0.414. The maximum atomic E-state index is 13.0. The molecule has 218 valence electrons. The zero-order chi connectivity index (χ0) is 30.4. The molecule has 41 heavy (non-hydrogen) atoms. The second-order valence-corrected chi connectivity index (χ2v) is 10.1. The monoisotopic (exact) mass is 626 g/mol. The van der Waals surface area contributed by atoms with E-state index in [9.17, 15) is 30.1 Å². The van der Waals surface area contributed by atoms with Crippen molar-refractivity contribution in [1.29, 1.82) is 5.26 Å². The molecule has 12 heteroatoms. The topological polar surface area (TPSA) is 161 Å². The molecule has 0 aliphatic heterocycles. The predicted molar refractivity (Wildman–Crippen MR) is 162 cm³/mol. The van der Waals surface area contributed by atoms with Crippen LogP contribution in [-0.2, 0) is 9.59 Å². The third-order valence-corrected chi connectivity index (χ3v) is 6.97. The first-order chi connectivity index (χ1) is 19.6. The Balaban J connectivity index is 2.36. The highest BCUT2D eigenvalue weighted by atomic mass is 79.9. The van der Waals surface area contributed by atoms with Crippen molar-refractivity contribution in [2.45, 2.75) is 59.3 Å². The number of aliphatic carboxylic acids is 1. The summed E-state index contributed by atoms with van der Waals surface area (Å²) in [7, 11) is 0. The molecular formula is C29H35BrN6O5. The Kier molecular flexibility index (Phi) is 13.6. The maximum absolute atomic E-state index is 13.0. The molecule has 0 saturated heterocycles. The van der Waals surface area contributed by atoms with E-state index in [0.717, 1.165) is 50.5 Å². The smallest absolute Gasteiger partial charge is 0.307 e. The molecule has 2 N–H and O–H groups in total. The fourth-order valence-electron chi connectivity index (χ4n) is 4.06.